The van der Waals surface area contributed by atoms with Crippen molar-refractivity contribution in [3.63, 3.8) is 0 Å². The molecule has 2 nitrogen and oxygen atoms in total. The highest BCUT2D eigenvalue weighted by Gasteiger charge is 2.11. The molecule has 0 bridgehead atoms. The minimum atomic E-state index is -0.521. The van der Waals surface area contributed by atoms with Crippen LogP contribution in [0.15, 0.2) is 42.5 Å². The van der Waals surface area contributed by atoms with Gasteiger partial charge < -0.3 is 5.32 Å². The fraction of sp³-hybridized carbons (Fsp3) is 0.188. The number of alkyl halides is 1. The van der Waals surface area contributed by atoms with Crippen molar-refractivity contribution in [2.75, 3.05) is 11.2 Å². The van der Waals surface area contributed by atoms with Gasteiger partial charge in [0.05, 0.1) is 5.56 Å². The van der Waals surface area contributed by atoms with Crippen molar-refractivity contribution in [2.24, 2.45) is 0 Å². The van der Waals surface area contributed by atoms with E-state index in [1.165, 1.54) is 12.1 Å². The van der Waals surface area contributed by atoms with Gasteiger partial charge in [0.1, 0.15) is 5.82 Å². The summed E-state index contributed by atoms with van der Waals surface area (Å²) in [7, 11) is 0. The third-order valence-electron chi connectivity index (χ3n) is 2.96. The minimum Gasteiger partial charge on any atom is -0.322 e. The van der Waals surface area contributed by atoms with E-state index in [4.69, 9.17) is 11.6 Å². The number of carbonyl (C=O) groups excluding carboxylic acids is 1. The molecule has 4 heteroatoms. The van der Waals surface area contributed by atoms with E-state index in [-0.39, 0.29) is 5.56 Å². The van der Waals surface area contributed by atoms with Crippen molar-refractivity contribution in [1.29, 1.82) is 0 Å². The molecule has 0 heterocycles. The van der Waals surface area contributed by atoms with Gasteiger partial charge in [-0.15, -0.1) is 11.6 Å². The molecule has 2 aromatic carbocycles. The van der Waals surface area contributed by atoms with Crippen LogP contribution >= 0.6 is 11.6 Å². The number of rotatable bonds is 4. The maximum atomic E-state index is 13.6. The average Bonchev–Trinajstić information content (AvgIpc) is 2.44. The molecule has 1 amide bonds. The summed E-state index contributed by atoms with van der Waals surface area (Å²) in [5, 5.41) is 2.68. The topological polar surface area (TPSA) is 29.1 Å². The van der Waals surface area contributed by atoms with Crippen LogP contribution in [0.4, 0.5) is 10.1 Å². The van der Waals surface area contributed by atoms with E-state index in [0.29, 0.717) is 11.6 Å². The first-order chi connectivity index (χ1) is 9.60. The molecular weight excluding hydrogens is 277 g/mol. The first-order valence-electron chi connectivity index (χ1n) is 6.32. The lowest BCUT2D eigenvalue weighted by atomic mass is 10.1. The summed E-state index contributed by atoms with van der Waals surface area (Å²) < 4.78 is 13.6. The Hall–Kier alpha value is -1.87. The van der Waals surface area contributed by atoms with Crippen molar-refractivity contribution in [2.45, 2.75) is 13.3 Å². The molecule has 0 saturated carbocycles. The second-order valence-electron chi connectivity index (χ2n) is 4.57. The van der Waals surface area contributed by atoms with Crippen LogP contribution in [0.3, 0.4) is 0 Å². The third kappa shape index (κ3) is 3.58. The average molecular weight is 292 g/mol. The summed E-state index contributed by atoms with van der Waals surface area (Å²) in [5.41, 5.74) is 2.62. The molecule has 0 spiro atoms. The van der Waals surface area contributed by atoms with E-state index >= 15 is 0 Å². The van der Waals surface area contributed by atoms with Gasteiger partial charge in [-0.05, 0) is 43.2 Å². The molecule has 0 radical (unpaired) electrons. The lowest BCUT2D eigenvalue weighted by molar-refractivity contribution is 0.102. The fourth-order valence-corrected chi connectivity index (χ4v) is 2.09. The van der Waals surface area contributed by atoms with Gasteiger partial charge >= 0.3 is 0 Å². The third-order valence-corrected chi connectivity index (χ3v) is 3.15. The van der Waals surface area contributed by atoms with E-state index in [1.807, 2.05) is 19.1 Å². The van der Waals surface area contributed by atoms with Crippen molar-refractivity contribution in [1.82, 2.24) is 0 Å². The second-order valence-corrected chi connectivity index (χ2v) is 4.95. The highest BCUT2D eigenvalue weighted by Crippen LogP contribution is 2.15. The lowest BCUT2D eigenvalue weighted by Crippen LogP contribution is -2.14. The van der Waals surface area contributed by atoms with E-state index in [0.717, 1.165) is 17.5 Å². The normalized spacial score (nSPS) is 10.3. The number of benzene rings is 2. The molecule has 0 fully saturated rings. The lowest BCUT2D eigenvalue weighted by Gasteiger charge is -2.07. The molecule has 0 aromatic heterocycles. The minimum absolute atomic E-state index is 0.0508. The Morgan fingerprint density at radius 2 is 1.90 bits per heavy atom. The number of nitrogens with one attached hydrogen (secondary N) is 1. The van der Waals surface area contributed by atoms with Gasteiger partial charge in [0.2, 0.25) is 0 Å². The molecule has 1 N–H and O–H groups in total. The molecule has 0 saturated heterocycles. The monoisotopic (exact) mass is 291 g/mol. The van der Waals surface area contributed by atoms with Crippen molar-refractivity contribution < 1.29 is 9.18 Å². The molecule has 0 aliphatic carbocycles. The zero-order chi connectivity index (χ0) is 14.5. The van der Waals surface area contributed by atoms with Crippen LogP contribution in [-0.4, -0.2) is 11.8 Å². The maximum Gasteiger partial charge on any atom is 0.258 e. The molecule has 2 aromatic rings. The molecular formula is C16H15ClFNO. The Morgan fingerprint density at radius 3 is 2.55 bits per heavy atom. The number of halogens is 2. The van der Waals surface area contributed by atoms with Gasteiger partial charge in [0.15, 0.2) is 0 Å². The summed E-state index contributed by atoms with van der Waals surface area (Å²) in [6.07, 6.45) is 0.780. The summed E-state index contributed by atoms with van der Waals surface area (Å²) in [5.74, 6) is -0.414. The van der Waals surface area contributed by atoms with Crippen LogP contribution in [-0.2, 0) is 6.42 Å². The van der Waals surface area contributed by atoms with Crippen LogP contribution in [0, 0.1) is 12.7 Å². The van der Waals surface area contributed by atoms with Gasteiger partial charge in [0, 0.05) is 11.6 Å². The van der Waals surface area contributed by atoms with Gasteiger partial charge in [-0.1, -0.05) is 23.8 Å². The predicted octanol–water partition coefficient (Wildman–Crippen LogP) is 4.17. The van der Waals surface area contributed by atoms with Crippen LogP contribution in [0.25, 0.3) is 0 Å². The van der Waals surface area contributed by atoms with E-state index in [1.54, 1.807) is 18.2 Å². The van der Waals surface area contributed by atoms with E-state index in [9.17, 15) is 9.18 Å². The van der Waals surface area contributed by atoms with Gasteiger partial charge in [-0.25, -0.2) is 4.39 Å². The highest BCUT2D eigenvalue weighted by molar-refractivity contribution is 6.18. The highest BCUT2D eigenvalue weighted by atomic mass is 35.5. The number of aryl methyl sites for hydroxylation is 2. The molecule has 0 atom stereocenters. The number of hydrogen-bond acceptors (Lipinski definition) is 1. The number of carbonyl (C=O) groups is 1. The van der Waals surface area contributed by atoms with Crippen LogP contribution in [0.1, 0.15) is 21.5 Å². The largest absolute Gasteiger partial charge is 0.322 e. The Bertz CT molecular complexity index is 610. The molecule has 0 aliphatic rings. The van der Waals surface area contributed by atoms with Crippen LogP contribution in [0.2, 0.25) is 0 Å². The molecule has 0 aliphatic heterocycles. The Kier molecular flexibility index (Phi) is 4.74. The maximum absolute atomic E-state index is 13.6. The standard InChI is InChI=1S/C16H15ClFNO/c1-11-2-7-15(18)14(10-11)16(20)19-13-5-3-12(4-6-13)8-9-17/h2-7,10H,8-9H2,1H3,(H,19,20). The first kappa shape index (κ1) is 14.5. The summed E-state index contributed by atoms with van der Waals surface area (Å²) in [4.78, 5) is 12.0. The molecule has 2 rings (SSSR count). The van der Waals surface area contributed by atoms with Crippen molar-refractivity contribution in [3.8, 4) is 0 Å². The van der Waals surface area contributed by atoms with Crippen molar-refractivity contribution in [3.05, 3.63) is 65.0 Å². The zero-order valence-electron chi connectivity index (χ0n) is 11.1. The number of hydrogen-bond donors (Lipinski definition) is 1. The summed E-state index contributed by atoms with van der Waals surface area (Å²) >= 11 is 5.66. The molecule has 20 heavy (non-hydrogen) atoms. The quantitative estimate of drug-likeness (QED) is 0.842. The van der Waals surface area contributed by atoms with Crippen LogP contribution in [0.5, 0.6) is 0 Å². The zero-order valence-corrected chi connectivity index (χ0v) is 11.9. The first-order valence-corrected chi connectivity index (χ1v) is 6.86. The Balaban J connectivity index is 2.13. The van der Waals surface area contributed by atoms with E-state index in [2.05, 4.69) is 5.32 Å². The van der Waals surface area contributed by atoms with Gasteiger partial charge in [-0.3, -0.25) is 4.79 Å². The van der Waals surface area contributed by atoms with Crippen LogP contribution < -0.4 is 5.32 Å². The summed E-state index contributed by atoms with van der Waals surface area (Å²) in [6, 6.07) is 11.8. The van der Waals surface area contributed by atoms with E-state index < -0.39 is 11.7 Å². The van der Waals surface area contributed by atoms with Crippen molar-refractivity contribution >= 4 is 23.2 Å². The Labute approximate surface area is 122 Å². The molecule has 104 valence electrons. The van der Waals surface area contributed by atoms with Gasteiger partial charge in [0.25, 0.3) is 5.91 Å². The number of anilines is 1. The number of amides is 1. The smallest absolute Gasteiger partial charge is 0.258 e. The second kappa shape index (κ2) is 6.53. The van der Waals surface area contributed by atoms with Gasteiger partial charge in [-0.2, -0.15) is 0 Å². The molecule has 0 unspecified atom stereocenters. The summed E-state index contributed by atoms with van der Waals surface area (Å²) in [6.45, 7) is 1.82. The predicted molar refractivity (Wildman–Crippen MR) is 80.0 cm³/mol. The SMILES string of the molecule is Cc1ccc(F)c(C(=O)Nc2ccc(CCCl)cc2)c1. The Morgan fingerprint density at radius 1 is 1.20 bits per heavy atom. The fourth-order valence-electron chi connectivity index (χ4n) is 1.88.